The largest absolute Gasteiger partial charge is 0.467 e. The molecule has 1 aromatic carbocycles. The van der Waals surface area contributed by atoms with Gasteiger partial charge in [-0.05, 0) is 56.5 Å². The van der Waals surface area contributed by atoms with E-state index >= 15 is 0 Å². The number of fused-ring (bicyclic) bond motifs is 3. The third-order valence-electron chi connectivity index (χ3n) is 6.02. The van der Waals surface area contributed by atoms with Gasteiger partial charge in [0, 0.05) is 29.2 Å². The van der Waals surface area contributed by atoms with Crippen LogP contribution in [0.15, 0.2) is 30.5 Å². The summed E-state index contributed by atoms with van der Waals surface area (Å²) in [5.74, 6) is 0. The number of thiazole rings is 1. The number of nitrogens with zero attached hydrogens (tertiary/aromatic N) is 2. The summed E-state index contributed by atoms with van der Waals surface area (Å²) < 4.78 is 44.9. The fraction of sp³-hybridized carbons (Fsp3) is 0.450. The molecule has 4 nitrogen and oxygen atoms in total. The molecule has 0 radical (unpaired) electrons. The zero-order chi connectivity index (χ0) is 19.5. The van der Waals surface area contributed by atoms with Crippen LogP contribution < -0.4 is 4.74 Å². The Morgan fingerprint density at radius 3 is 2.64 bits per heavy atom. The van der Waals surface area contributed by atoms with Crippen LogP contribution >= 0.6 is 11.3 Å². The molecular weight excluding hydrogens is 387 g/mol. The molecule has 2 bridgehead atoms. The van der Waals surface area contributed by atoms with Gasteiger partial charge in [0.15, 0.2) is 0 Å². The van der Waals surface area contributed by atoms with E-state index < -0.39 is 11.9 Å². The summed E-state index contributed by atoms with van der Waals surface area (Å²) in [6, 6.07) is 7.59. The number of hydrogen-bond donors (Lipinski definition) is 1. The van der Waals surface area contributed by atoms with Crippen molar-refractivity contribution < 1.29 is 17.9 Å². The lowest BCUT2D eigenvalue weighted by Crippen LogP contribution is -2.43. The van der Waals surface area contributed by atoms with Crippen LogP contribution in [0.2, 0.25) is 0 Å². The van der Waals surface area contributed by atoms with Crippen molar-refractivity contribution in [2.24, 2.45) is 0 Å². The summed E-state index contributed by atoms with van der Waals surface area (Å²) in [7, 11) is 2.20. The number of aromatic amines is 1. The molecular formula is C20H20F3N3OS. The summed E-state index contributed by atoms with van der Waals surface area (Å²) in [5.41, 5.74) is 0.583. The van der Waals surface area contributed by atoms with Gasteiger partial charge in [0.25, 0.3) is 5.19 Å². The van der Waals surface area contributed by atoms with Crippen molar-refractivity contribution in [2.45, 2.75) is 50.0 Å². The highest BCUT2D eigenvalue weighted by molar-refractivity contribution is 7.16. The van der Waals surface area contributed by atoms with Crippen LogP contribution in [-0.4, -0.2) is 40.1 Å². The Bertz CT molecular complexity index is 998. The lowest BCUT2D eigenvalue weighted by Gasteiger charge is -2.35. The van der Waals surface area contributed by atoms with Crippen molar-refractivity contribution in [3.63, 3.8) is 0 Å². The molecule has 2 aliphatic heterocycles. The average molecular weight is 407 g/mol. The molecule has 2 fully saturated rings. The summed E-state index contributed by atoms with van der Waals surface area (Å²) >= 11 is 1.44. The SMILES string of the molecule is CN1C2CCC1CC(Oc1ncc(-c3ccc4[nH]c(C(F)(F)F)cc4c3)s1)C2. The number of benzene rings is 1. The highest BCUT2D eigenvalue weighted by Gasteiger charge is 2.39. The maximum absolute atomic E-state index is 12.9. The van der Waals surface area contributed by atoms with E-state index in [1.54, 1.807) is 18.3 Å². The van der Waals surface area contributed by atoms with E-state index in [-0.39, 0.29) is 6.10 Å². The molecule has 2 aromatic heterocycles. The van der Waals surface area contributed by atoms with Crippen molar-refractivity contribution >= 4 is 22.2 Å². The van der Waals surface area contributed by atoms with Crippen molar-refractivity contribution in [3.05, 3.63) is 36.2 Å². The lowest BCUT2D eigenvalue weighted by atomic mass is 10.0. The Morgan fingerprint density at radius 2 is 1.93 bits per heavy atom. The van der Waals surface area contributed by atoms with E-state index in [9.17, 15) is 13.2 Å². The molecule has 1 N–H and O–H groups in total. The van der Waals surface area contributed by atoms with Gasteiger partial charge in [0.05, 0.1) is 4.88 Å². The molecule has 0 spiro atoms. The van der Waals surface area contributed by atoms with E-state index in [0.717, 1.165) is 29.3 Å². The van der Waals surface area contributed by atoms with Gasteiger partial charge in [-0.3, -0.25) is 0 Å². The maximum atomic E-state index is 12.9. The number of alkyl halides is 3. The Morgan fingerprint density at radius 1 is 1.18 bits per heavy atom. The Labute approximate surface area is 164 Å². The van der Waals surface area contributed by atoms with Gasteiger partial charge in [-0.2, -0.15) is 13.2 Å². The number of piperidine rings is 1. The Balaban J connectivity index is 1.34. The highest BCUT2D eigenvalue weighted by atomic mass is 32.1. The summed E-state index contributed by atoms with van der Waals surface area (Å²) in [4.78, 5) is 10.2. The zero-order valence-electron chi connectivity index (χ0n) is 15.3. The van der Waals surface area contributed by atoms with Crippen molar-refractivity contribution in [1.29, 1.82) is 0 Å². The van der Waals surface area contributed by atoms with Crippen LogP contribution in [0, 0.1) is 0 Å². The van der Waals surface area contributed by atoms with Gasteiger partial charge in [0.2, 0.25) is 0 Å². The average Bonchev–Trinajstić information content (AvgIpc) is 3.31. The van der Waals surface area contributed by atoms with E-state index in [2.05, 4.69) is 21.9 Å². The first-order valence-electron chi connectivity index (χ1n) is 9.41. The van der Waals surface area contributed by atoms with E-state index in [4.69, 9.17) is 4.74 Å². The minimum absolute atomic E-state index is 0.189. The number of rotatable bonds is 3. The molecule has 2 saturated heterocycles. The normalized spacial score (nSPS) is 25.5. The smallest absolute Gasteiger partial charge is 0.431 e. The minimum Gasteiger partial charge on any atom is -0.467 e. The summed E-state index contributed by atoms with van der Waals surface area (Å²) in [6.07, 6.45) is 2.07. The summed E-state index contributed by atoms with van der Waals surface area (Å²) in [6.45, 7) is 0. The fourth-order valence-electron chi connectivity index (χ4n) is 4.49. The first-order valence-corrected chi connectivity index (χ1v) is 10.2. The first kappa shape index (κ1) is 18.0. The maximum Gasteiger partial charge on any atom is 0.431 e. The van der Waals surface area contributed by atoms with Gasteiger partial charge in [0.1, 0.15) is 11.8 Å². The third-order valence-corrected chi connectivity index (χ3v) is 6.95. The first-order chi connectivity index (χ1) is 13.4. The van der Waals surface area contributed by atoms with Gasteiger partial charge < -0.3 is 14.6 Å². The molecule has 0 aliphatic carbocycles. The van der Waals surface area contributed by atoms with E-state index in [1.807, 2.05) is 6.07 Å². The van der Waals surface area contributed by atoms with Gasteiger partial charge in [-0.25, -0.2) is 4.98 Å². The molecule has 8 heteroatoms. The number of H-pyrrole nitrogens is 1. The van der Waals surface area contributed by atoms with Gasteiger partial charge >= 0.3 is 6.18 Å². The molecule has 3 aromatic rings. The second-order valence-electron chi connectivity index (χ2n) is 7.73. The van der Waals surface area contributed by atoms with Crippen LogP contribution in [0.4, 0.5) is 13.2 Å². The Hall–Kier alpha value is -2.06. The molecule has 148 valence electrons. The number of ether oxygens (including phenoxy) is 1. The number of hydrogen-bond acceptors (Lipinski definition) is 4. The standard InChI is InChI=1S/C20H20F3N3OS/c1-26-13-3-4-14(26)9-15(8-13)27-19-24-10-17(28-19)11-2-5-16-12(6-11)7-18(25-16)20(21,22)23/h2,5-7,10,13-15,25H,3-4,8-9H2,1H3. The van der Waals surface area contributed by atoms with E-state index in [0.29, 0.717) is 28.2 Å². The highest BCUT2D eigenvalue weighted by Crippen LogP contribution is 2.38. The van der Waals surface area contributed by atoms with Crippen LogP contribution in [0.5, 0.6) is 5.19 Å². The second-order valence-corrected chi connectivity index (χ2v) is 8.73. The van der Waals surface area contributed by atoms with Crippen LogP contribution in [0.25, 0.3) is 21.3 Å². The van der Waals surface area contributed by atoms with Crippen LogP contribution in [0.3, 0.4) is 0 Å². The third kappa shape index (κ3) is 3.18. The minimum atomic E-state index is -4.38. The zero-order valence-corrected chi connectivity index (χ0v) is 16.1. The molecule has 5 rings (SSSR count). The number of nitrogens with one attached hydrogen (secondary N) is 1. The topological polar surface area (TPSA) is 41.1 Å². The van der Waals surface area contributed by atoms with Gasteiger partial charge in [-0.15, -0.1) is 0 Å². The lowest BCUT2D eigenvalue weighted by molar-refractivity contribution is -0.140. The van der Waals surface area contributed by atoms with Gasteiger partial charge in [-0.1, -0.05) is 17.4 Å². The van der Waals surface area contributed by atoms with Crippen molar-refractivity contribution in [3.8, 4) is 15.6 Å². The summed E-state index contributed by atoms with van der Waals surface area (Å²) in [5, 5.41) is 1.17. The number of halogens is 3. The quantitative estimate of drug-likeness (QED) is 0.639. The molecule has 2 unspecified atom stereocenters. The van der Waals surface area contributed by atoms with Crippen LogP contribution in [-0.2, 0) is 6.18 Å². The monoisotopic (exact) mass is 407 g/mol. The van der Waals surface area contributed by atoms with Crippen molar-refractivity contribution in [1.82, 2.24) is 14.9 Å². The molecule has 0 saturated carbocycles. The molecule has 4 heterocycles. The van der Waals surface area contributed by atoms with Crippen LogP contribution in [0.1, 0.15) is 31.4 Å². The molecule has 28 heavy (non-hydrogen) atoms. The predicted octanol–water partition coefficient (Wildman–Crippen LogP) is 5.31. The Kier molecular flexibility index (Phi) is 4.17. The predicted molar refractivity (Wildman–Crippen MR) is 103 cm³/mol. The fourth-order valence-corrected chi connectivity index (χ4v) is 5.31. The molecule has 2 atom stereocenters. The molecule has 2 aliphatic rings. The second kappa shape index (κ2) is 6.49. The molecule has 0 amide bonds. The van der Waals surface area contributed by atoms with Crippen molar-refractivity contribution in [2.75, 3.05) is 7.05 Å². The number of aromatic nitrogens is 2. The van der Waals surface area contributed by atoms with E-state index in [1.165, 1.54) is 24.2 Å².